The lowest BCUT2D eigenvalue weighted by atomic mass is 10.1. The molecule has 2 aromatic rings. The highest BCUT2D eigenvalue weighted by Crippen LogP contribution is 2.23. The molecule has 1 heterocycles. The van der Waals surface area contributed by atoms with Crippen LogP contribution in [0.3, 0.4) is 0 Å². The van der Waals surface area contributed by atoms with Crippen molar-refractivity contribution >= 4 is 17.0 Å². The first kappa shape index (κ1) is 14.1. The molecule has 2 atom stereocenters. The summed E-state index contributed by atoms with van der Waals surface area (Å²) < 4.78 is 0. The SMILES string of the molecule is CC(NC(C)c1cccs1)c1ccc(N(C)C)cc1. The minimum absolute atomic E-state index is 0.355. The van der Waals surface area contributed by atoms with Gasteiger partial charge in [0.05, 0.1) is 0 Å². The first-order valence-corrected chi connectivity index (χ1v) is 7.52. The number of rotatable bonds is 5. The van der Waals surface area contributed by atoms with Crippen molar-refractivity contribution in [3.8, 4) is 0 Å². The number of thiophene rings is 1. The van der Waals surface area contributed by atoms with Crippen LogP contribution in [0.5, 0.6) is 0 Å². The van der Waals surface area contributed by atoms with Crippen LogP contribution in [0.1, 0.15) is 36.4 Å². The number of nitrogens with one attached hydrogen (secondary N) is 1. The molecule has 0 saturated carbocycles. The molecule has 0 aliphatic heterocycles. The number of benzene rings is 1. The van der Waals surface area contributed by atoms with E-state index in [0.29, 0.717) is 12.1 Å². The van der Waals surface area contributed by atoms with Gasteiger partial charge in [-0.3, -0.25) is 0 Å². The first-order valence-electron chi connectivity index (χ1n) is 6.64. The molecule has 0 bridgehead atoms. The van der Waals surface area contributed by atoms with Gasteiger partial charge in [0.2, 0.25) is 0 Å². The Balaban J connectivity index is 2.01. The van der Waals surface area contributed by atoms with Crippen LogP contribution in [0.4, 0.5) is 5.69 Å². The van der Waals surface area contributed by atoms with Crippen molar-refractivity contribution in [3.05, 3.63) is 52.2 Å². The third-order valence-corrected chi connectivity index (χ3v) is 4.43. The van der Waals surface area contributed by atoms with Gasteiger partial charge in [0, 0.05) is 36.7 Å². The van der Waals surface area contributed by atoms with Crippen molar-refractivity contribution in [3.63, 3.8) is 0 Å². The molecule has 1 N–H and O–H groups in total. The lowest BCUT2D eigenvalue weighted by molar-refractivity contribution is 0.500. The zero-order chi connectivity index (χ0) is 13.8. The Morgan fingerprint density at radius 3 is 2.21 bits per heavy atom. The van der Waals surface area contributed by atoms with E-state index in [1.165, 1.54) is 16.1 Å². The smallest absolute Gasteiger partial charge is 0.0391 e. The third-order valence-electron chi connectivity index (χ3n) is 3.38. The molecule has 3 heteroatoms. The number of nitrogens with zero attached hydrogens (tertiary/aromatic N) is 1. The lowest BCUT2D eigenvalue weighted by Crippen LogP contribution is -2.21. The molecule has 102 valence electrons. The molecule has 2 unspecified atom stereocenters. The molecule has 0 aliphatic carbocycles. The van der Waals surface area contributed by atoms with Crippen molar-refractivity contribution < 1.29 is 0 Å². The Labute approximate surface area is 120 Å². The van der Waals surface area contributed by atoms with E-state index in [1.807, 2.05) is 0 Å². The summed E-state index contributed by atoms with van der Waals surface area (Å²) in [5, 5.41) is 5.77. The van der Waals surface area contributed by atoms with Gasteiger partial charge in [-0.1, -0.05) is 18.2 Å². The minimum atomic E-state index is 0.355. The normalized spacial score (nSPS) is 14.1. The highest BCUT2D eigenvalue weighted by Gasteiger charge is 2.11. The van der Waals surface area contributed by atoms with E-state index >= 15 is 0 Å². The van der Waals surface area contributed by atoms with Crippen LogP contribution in [0.2, 0.25) is 0 Å². The molecule has 0 saturated heterocycles. The molecule has 0 fully saturated rings. The fourth-order valence-corrected chi connectivity index (χ4v) is 2.90. The maximum atomic E-state index is 3.64. The Morgan fingerprint density at radius 1 is 1.00 bits per heavy atom. The van der Waals surface area contributed by atoms with Crippen LogP contribution in [0.15, 0.2) is 41.8 Å². The maximum Gasteiger partial charge on any atom is 0.0391 e. The summed E-state index contributed by atoms with van der Waals surface area (Å²) in [6.07, 6.45) is 0. The van der Waals surface area contributed by atoms with Gasteiger partial charge in [-0.25, -0.2) is 0 Å². The number of anilines is 1. The van der Waals surface area contributed by atoms with Gasteiger partial charge in [0.15, 0.2) is 0 Å². The van der Waals surface area contributed by atoms with E-state index in [1.54, 1.807) is 11.3 Å². The van der Waals surface area contributed by atoms with E-state index in [-0.39, 0.29) is 0 Å². The van der Waals surface area contributed by atoms with Crippen LogP contribution in [-0.4, -0.2) is 14.1 Å². The predicted molar refractivity (Wildman–Crippen MR) is 85.1 cm³/mol. The van der Waals surface area contributed by atoms with E-state index in [0.717, 1.165) is 0 Å². The molecule has 2 nitrogen and oxygen atoms in total. The fraction of sp³-hybridized carbons (Fsp3) is 0.375. The maximum absolute atomic E-state index is 3.64. The second-order valence-electron chi connectivity index (χ2n) is 5.11. The molecule has 2 rings (SSSR count). The van der Waals surface area contributed by atoms with Crippen LogP contribution in [0.25, 0.3) is 0 Å². The van der Waals surface area contributed by atoms with Crippen molar-refractivity contribution in [2.75, 3.05) is 19.0 Å². The first-order chi connectivity index (χ1) is 9.08. The van der Waals surface area contributed by atoms with E-state index < -0.39 is 0 Å². The van der Waals surface area contributed by atoms with Gasteiger partial charge in [-0.2, -0.15) is 0 Å². The summed E-state index contributed by atoms with van der Waals surface area (Å²) in [6.45, 7) is 4.44. The summed E-state index contributed by atoms with van der Waals surface area (Å²) in [5.74, 6) is 0. The Morgan fingerprint density at radius 2 is 1.68 bits per heavy atom. The quantitative estimate of drug-likeness (QED) is 0.878. The summed E-state index contributed by atoms with van der Waals surface area (Å²) in [5.41, 5.74) is 2.57. The molecular formula is C16H22N2S. The van der Waals surface area contributed by atoms with Gasteiger partial charge in [0.1, 0.15) is 0 Å². The second-order valence-corrected chi connectivity index (χ2v) is 6.09. The Bertz CT molecular complexity index is 488. The van der Waals surface area contributed by atoms with Crippen LogP contribution < -0.4 is 10.2 Å². The fourth-order valence-electron chi connectivity index (χ4n) is 2.15. The molecule has 0 radical (unpaired) electrons. The Hall–Kier alpha value is -1.32. The van der Waals surface area contributed by atoms with Crippen LogP contribution in [0, 0.1) is 0 Å². The van der Waals surface area contributed by atoms with Gasteiger partial charge < -0.3 is 10.2 Å². The number of hydrogen-bond acceptors (Lipinski definition) is 3. The van der Waals surface area contributed by atoms with Crippen molar-refractivity contribution in [1.82, 2.24) is 5.32 Å². The van der Waals surface area contributed by atoms with E-state index in [9.17, 15) is 0 Å². The topological polar surface area (TPSA) is 15.3 Å². The highest BCUT2D eigenvalue weighted by atomic mass is 32.1. The van der Waals surface area contributed by atoms with Crippen molar-refractivity contribution in [2.24, 2.45) is 0 Å². The Kier molecular flexibility index (Phi) is 4.61. The highest BCUT2D eigenvalue weighted by molar-refractivity contribution is 7.10. The summed E-state index contributed by atoms with van der Waals surface area (Å²) in [6, 6.07) is 13.8. The third kappa shape index (κ3) is 3.58. The van der Waals surface area contributed by atoms with Crippen molar-refractivity contribution in [1.29, 1.82) is 0 Å². The number of hydrogen-bond donors (Lipinski definition) is 1. The molecule has 0 amide bonds. The zero-order valence-electron chi connectivity index (χ0n) is 12.1. The zero-order valence-corrected chi connectivity index (χ0v) is 12.9. The molecule has 0 spiro atoms. The van der Waals surface area contributed by atoms with Gasteiger partial charge in [-0.05, 0) is 43.0 Å². The van der Waals surface area contributed by atoms with E-state index in [2.05, 4.69) is 79.9 Å². The monoisotopic (exact) mass is 274 g/mol. The summed E-state index contributed by atoms with van der Waals surface area (Å²) in [7, 11) is 4.13. The van der Waals surface area contributed by atoms with Gasteiger partial charge in [0.25, 0.3) is 0 Å². The van der Waals surface area contributed by atoms with Crippen LogP contribution in [-0.2, 0) is 0 Å². The lowest BCUT2D eigenvalue weighted by Gasteiger charge is -2.20. The van der Waals surface area contributed by atoms with Crippen LogP contribution >= 0.6 is 11.3 Å². The van der Waals surface area contributed by atoms with Gasteiger partial charge >= 0.3 is 0 Å². The molecule has 1 aromatic heterocycles. The average molecular weight is 274 g/mol. The molecule has 1 aromatic carbocycles. The molecule has 0 aliphatic rings. The summed E-state index contributed by atoms with van der Waals surface area (Å²) >= 11 is 1.81. The molecular weight excluding hydrogens is 252 g/mol. The minimum Gasteiger partial charge on any atom is -0.378 e. The van der Waals surface area contributed by atoms with Crippen molar-refractivity contribution in [2.45, 2.75) is 25.9 Å². The average Bonchev–Trinajstić information content (AvgIpc) is 2.92. The second kappa shape index (κ2) is 6.22. The summed E-state index contributed by atoms with van der Waals surface area (Å²) in [4.78, 5) is 3.51. The van der Waals surface area contributed by atoms with Gasteiger partial charge in [-0.15, -0.1) is 11.3 Å². The van der Waals surface area contributed by atoms with E-state index in [4.69, 9.17) is 0 Å². The standard InChI is InChI=1S/C16H22N2S/c1-12(17-13(2)16-6-5-11-19-16)14-7-9-15(10-8-14)18(3)4/h5-13,17H,1-4H3. The largest absolute Gasteiger partial charge is 0.378 e. The predicted octanol–water partition coefficient (Wildman–Crippen LogP) is 4.23. The molecule has 19 heavy (non-hydrogen) atoms.